The molecule has 3 aromatic rings. The fraction of sp³-hybridized carbons (Fsp3) is 0.188. The van der Waals surface area contributed by atoms with Gasteiger partial charge in [0.2, 0.25) is 0 Å². The van der Waals surface area contributed by atoms with Crippen LogP contribution in [0.3, 0.4) is 0 Å². The number of aryl methyl sites for hydroxylation is 1. The number of benzene rings is 1. The Bertz CT molecular complexity index is 978. The predicted molar refractivity (Wildman–Crippen MR) is 95.3 cm³/mol. The van der Waals surface area contributed by atoms with Crippen molar-refractivity contribution in [3.63, 3.8) is 0 Å². The molecule has 1 aromatic carbocycles. The van der Waals surface area contributed by atoms with Crippen molar-refractivity contribution in [2.45, 2.75) is 12.1 Å². The van der Waals surface area contributed by atoms with E-state index in [9.17, 15) is 9.59 Å². The van der Waals surface area contributed by atoms with Crippen LogP contribution < -0.4 is 10.3 Å². The highest BCUT2D eigenvalue weighted by molar-refractivity contribution is 7.99. The van der Waals surface area contributed by atoms with Gasteiger partial charge in [0.15, 0.2) is 5.16 Å². The number of ether oxygens (including phenoxy) is 1. The SMILES string of the molecule is COc1ccc(C)cc1-c1csc2nc(SCC(=O)O)[nH]c(=O)c12. The molecule has 2 aromatic heterocycles. The third kappa shape index (κ3) is 3.15. The van der Waals surface area contributed by atoms with Gasteiger partial charge in [-0.1, -0.05) is 23.4 Å². The van der Waals surface area contributed by atoms with Crippen LogP contribution in [0.25, 0.3) is 21.3 Å². The van der Waals surface area contributed by atoms with Gasteiger partial charge in [0, 0.05) is 16.5 Å². The zero-order valence-corrected chi connectivity index (χ0v) is 14.6. The minimum atomic E-state index is -0.959. The number of carboxylic acid groups (broad SMARTS) is 1. The van der Waals surface area contributed by atoms with E-state index in [1.54, 1.807) is 7.11 Å². The Morgan fingerprint density at radius 2 is 2.21 bits per heavy atom. The summed E-state index contributed by atoms with van der Waals surface area (Å²) in [6, 6.07) is 5.78. The van der Waals surface area contributed by atoms with Gasteiger partial charge in [0.05, 0.1) is 18.2 Å². The van der Waals surface area contributed by atoms with Gasteiger partial charge in [-0.25, -0.2) is 4.98 Å². The zero-order chi connectivity index (χ0) is 17.3. The van der Waals surface area contributed by atoms with Crippen molar-refractivity contribution < 1.29 is 14.6 Å². The van der Waals surface area contributed by atoms with E-state index in [0.717, 1.165) is 28.5 Å². The van der Waals surface area contributed by atoms with E-state index in [0.29, 0.717) is 21.1 Å². The summed E-state index contributed by atoms with van der Waals surface area (Å²) < 4.78 is 5.40. The number of carbonyl (C=O) groups is 1. The van der Waals surface area contributed by atoms with E-state index in [4.69, 9.17) is 9.84 Å². The van der Waals surface area contributed by atoms with Gasteiger partial charge in [-0.2, -0.15) is 0 Å². The van der Waals surface area contributed by atoms with Gasteiger partial charge in [0.25, 0.3) is 5.56 Å². The Labute approximate surface area is 145 Å². The zero-order valence-electron chi connectivity index (χ0n) is 13.0. The van der Waals surface area contributed by atoms with Crippen LogP contribution in [0.1, 0.15) is 5.56 Å². The number of thiophene rings is 1. The van der Waals surface area contributed by atoms with Gasteiger partial charge in [-0.3, -0.25) is 9.59 Å². The lowest BCUT2D eigenvalue weighted by molar-refractivity contribution is -0.133. The third-order valence-corrected chi connectivity index (χ3v) is 5.13. The van der Waals surface area contributed by atoms with Crippen molar-refractivity contribution in [1.29, 1.82) is 0 Å². The van der Waals surface area contributed by atoms with Crippen molar-refractivity contribution >= 4 is 39.3 Å². The molecule has 0 amide bonds. The minimum Gasteiger partial charge on any atom is -0.496 e. The van der Waals surface area contributed by atoms with Gasteiger partial charge >= 0.3 is 5.97 Å². The molecule has 0 unspecified atom stereocenters. The average molecular weight is 362 g/mol. The average Bonchev–Trinajstić information content (AvgIpc) is 2.97. The normalized spacial score (nSPS) is 10.9. The van der Waals surface area contributed by atoms with Crippen LogP contribution >= 0.6 is 23.1 Å². The van der Waals surface area contributed by atoms with E-state index in [2.05, 4.69) is 9.97 Å². The Balaban J connectivity index is 2.13. The number of fused-ring (bicyclic) bond motifs is 1. The summed E-state index contributed by atoms with van der Waals surface area (Å²) in [6.45, 7) is 1.97. The summed E-state index contributed by atoms with van der Waals surface area (Å²) in [5.41, 5.74) is 2.37. The highest BCUT2D eigenvalue weighted by atomic mass is 32.2. The van der Waals surface area contributed by atoms with E-state index in [1.807, 2.05) is 30.5 Å². The summed E-state index contributed by atoms with van der Waals surface area (Å²) in [5.74, 6) is -0.429. The number of hydrogen-bond acceptors (Lipinski definition) is 6. The van der Waals surface area contributed by atoms with E-state index < -0.39 is 5.97 Å². The number of aromatic nitrogens is 2. The van der Waals surface area contributed by atoms with Crippen LogP contribution in [0, 0.1) is 6.92 Å². The Hall–Kier alpha value is -2.32. The second-order valence-electron chi connectivity index (χ2n) is 5.09. The van der Waals surface area contributed by atoms with E-state index in [-0.39, 0.29) is 11.3 Å². The molecule has 0 bridgehead atoms. The number of methoxy groups -OCH3 is 1. The molecule has 2 heterocycles. The number of hydrogen-bond donors (Lipinski definition) is 2. The number of aliphatic carboxylic acids is 1. The van der Waals surface area contributed by atoms with Gasteiger partial charge in [0.1, 0.15) is 10.6 Å². The molecule has 0 aliphatic heterocycles. The van der Waals surface area contributed by atoms with Crippen molar-refractivity contribution in [2.75, 3.05) is 12.9 Å². The molecule has 0 radical (unpaired) electrons. The van der Waals surface area contributed by atoms with Crippen molar-refractivity contribution in [2.24, 2.45) is 0 Å². The Morgan fingerprint density at radius 3 is 2.92 bits per heavy atom. The maximum atomic E-state index is 12.5. The highest BCUT2D eigenvalue weighted by Crippen LogP contribution is 2.37. The maximum Gasteiger partial charge on any atom is 0.313 e. The fourth-order valence-electron chi connectivity index (χ4n) is 2.36. The monoisotopic (exact) mass is 362 g/mol. The molecule has 0 saturated heterocycles. The molecule has 3 rings (SSSR count). The minimum absolute atomic E-state index is 0.154. The number of aromatic amines is 1. The van der Waals surface area contributed by atoms with Crippen LogP contribution in [-0.4, -0.2) is 33.9 Å². The first-order valence-electron chi connectivity index (χ1n) is 7.00. The van der Waals surface area contributed by atoms with Crippen LogP contribution in [0.4, 0.5) is 0 Å². The molecule has 2 N–H and O–H groups in total. The van der Waals surface area contributed by atoms with Crippen LogP contribution in [0.5, 0.6) is 5.75 Å². The summed E-state index contributed by atoms with van der Waals surface area (Å²) >= 11 is 2.34. The first-order valence-corrected chi connectivity index (χ1v) is 8.87. The van der Waals surface area contributed by atoms with Gasteiger partial charge in [-0.15, -0.1) is 11.3 Å². The Morgan fingerprint density at radius 1 is 1.42 bits per heavy atom. The van der Waals surface area contributed by atoms with Crippen molar-refractivity contribution in [3.05, 3.63) is 39.5 Å². The summed E-state index contributed by atoms with van der Waals surface area (Å²) in [4.78, 5) is 30.7. The summed E-state index contributed by atoms with van der Waals surface area (Å²) in [6.07, 6.45) is 0. The van der Waals surface area contributed by atoms with Crippen LogP contribution in [0.2, 0.25) is 0 Å². The number of thioether (sulfide) groups is 1. The molecule has 0 aliphatic carbocycles. The number of carboxylic acids is 1. The number of rotatable bonds is 5. The quantitative estimate of drug-likeness (QED) is 0.535. The number of nitrogens with zero attached hydrogens (tertiary/aromatic N) is 1. The fourth-order valence-corrected chi connectivity index (χ4v) is 3.94. The summed E-state index contributed by atoms with van der Waals surface area (Å²) in [7, 11) is 1.59. The first kappa shape index (κ1) is 16.5. The number of nitrogens with one attached hydrogen (secondary N) is 1. The Kier molecular flexibility index (Phi) is 4.59. The molecule has 124 valence electrons. The maximum absolute atomic E-state index is 12.5. The van der Waals surface area contributed by atoms with Crippen molar-refractivity contribution in [1.82, 2.24) is 9.97 Å². The van der Waals surface area contributed by atoms with Gasteiger partial charge in [-0.05, 0) is 19.1 Å². The van der Waals surface area contributed by atoms with Crippen LogP contribution in [-0.2, 0) is 4.79 Å². The lowest BCUT2D eigenvalue weighted by Gasteiger charge is -2.08. The predicted octanol–water partition coefficient (Wildman–Crippen LogP) is 3.15. The third-order valence-electron chi connectivity index (χ3n) is 3.40. The first-order chi connectivity index (χ1) is 11.5. The molecule has 8 heteroatoms. The highest BCUT2D eigenvalue weighted by Gasteiger charge is 2.16. The van der Waals surface area contributed by atoms with Gasteiger partial charge < -0.3 is 14.8 Å². The lowest BCUT2D eigenvalue weighted by Crippen LogP contribution is -2.10. The molecular formula is C16H14N2O4S2. The smallest absolute Gasteiger partial charge is 0.313 e. The summed E-state index contributed by atoms with van der Waals surface area (Å²) in [5, 5.41) is 11.4. The lowest BCUT2D eigenvalue weighted by atomic mass is 10.0. The molecular weight excluding hydrogens is 348 g/mol. The second kappa shape index (κ2) is 6.66. The standard InChI is InChI=1S/C16H14N2O4S2/c1-8-3-4-11(22-2)9(5-8)10-6-23-15-13(10)14(21)17-16(18-15)24-7-12(19)20/h3-6H,7H2,1-2H3,(H,19,20)(H,17,18,21). The molecule has 0 aliphatic rings. The van der Waals surface area contributed by atoms with E-state index >= 15 is 0 Å². The number of H-pyrrole nitrogens is 1. The van der Waals surface area contributed by atoms with Crippen LogP contribution in [0.15, 0.2) is 33.5 Å². The van der Waals surface area contributed by atoms with E-state index in [1.165, 1.54) is 11.3 Å². The molecule has 0 atom stereocenters. The second-order valence-corrected chi connectivity index (χ2v) is 6.91. The molecule has 6 nitrogen and oxygen atoms in total. The molecule has 24 heavy (non-hydrogen) atoms. The molecule has 0 saturated carbocycles. The topological polar surface area (TPSA) is 92.3 Å². The molecule has 0 fully saturated rings. The van der Waals surface area contributed by atoms with Crippen molar-refractivity contribution in [3.8, 4) is 16.9 Å². The molecule has 0 spiro atoms. The largest absolute Gasteiger partial charge is 0.496 e.